The number of hydrogen-bond donors (Lipinski definition) is 1. The Bertz CT molecular complexity index is 710. The van der Waals surface area contributed by atoms with Crippen molar-refractivity contribution in [2.75, 3.05) is 11.2 Å². The second-order valence-electron chi connectivity index (χ2n) is 3.98. The quantitative estimate of drug-likeness (QED) is 0.525. The third kappa shape index (κ3) is 4.23. The molecule has 0 bridgehead atoms. The topological polar surface area (TPSA) is 49.7 Å². The van der Waals surface area contributed by atoms with Gasteiger partial charge in [0.15, 0.2) is 5.17 Å². The molecule has 0 saturated heterocycles. The maximum absolute atomic E-state index is 11.0. The molecule has 0 heterocycles. The summed E-state index contributed by atoms with van der Waals surface area (Å²) in [5.41, 5.74) is 1.56. The van der Waals surface area contributed by atoms with Crippen molar-refractivity contribution < 1.29 is 8.42 Å². The fraction of sp³-hybridized carbons (Fsp3) is 0.0714. The highest BCUT2D eigenvalue weighted by Crippen LogP contribution is 2.30. The summed E-state index contributed by atoms with van der Waals surface area (Å²) >= 11 is 7.29. The third-order valence-corrected chi connectivity index (χ3v) is 3.98. The fourth-order valence-corrected chi connectivity index (χ4v) is 3.14. The molecule has 0 amide bonds. The summed E-state index contributed by atoms with van der Waals surface area (Å²) in [4.78, 5) is 1.75. The molecule has 0 radical (unpaired) electrons. The molecule has 0 spiro atoms. The summed E-state index contributed by atoms with van der Waals surface area (Å²) in [6.45, 7) is 0. The second kappa shape index (κ2) is 7.49. The molecule has 0 aliphatic rings. The van der Waals surface area contributed by atoms with E-state index in [1.165, 1.54) is 11.8 Å². The molecule has 21 heavy (non-hydrogen) atoms. The number of amidine groups is 1. The Labute approximate surface area is 134 Å². The lowest BCUT2D eigenvalue weighted by atomic mass is 10.2. The number of hydrogen-bond acceptors (Lipinski definition) is 3. The van der Waals surface area contributed by atoms with E-state index in [0.717, 1.165) is 11.4 Å². The van der Waals surface area contributed by atoms with Gasteiger partial charge in [-0.25, -0.2) is 8.42 Å². The molecule has 0 atom stereocenters. The van der Waals surface area contributed by atoms with Crippen LogP contribution in [0.15, 0.2) is 59.0 Å². The average Bonchev–Trinajstić information content (AvgIpc) is 2.47. The van der Waals surface area contributed by atoms with Crippen LogP contribution in [0.25, 0.3) is 0 Å². The molecule has 4 nitrogen and oxygen atoms in total. The van der Waals surface area contributed by atoms with Gasteiger partial charge in [0.1, 0.15) is 0 Å². The van der Waals surface area contributed by atoms with Gasteiger partial charge in [-0.2, -0.15) is 0 Å². The number of para-hydroxylation sites is 1. The number of rotatable bonds is 3. The zero-order valence-electron chi connectivity index (χ0n) is 11.1. The highest BCUT2D eigenvalue weighted by molar-refractivity contribution is 8.14. The number of benzene rings is 2. The van der Waals surface area contributed by atoms with Crippen molar-refractivity contribution in [3.8, 4) is 0 Å². The van der Waals surface area contributed by atoms with Crippen LogP contribution in [-0.2, 0) is 10.9 Å². The smallest absolute Gasteiger partial charge is 0.245 e. The van der Waals surface area contributed by atoms with E-state index in [-0.39, 0.29) is 0 Å². The molecule has 0 fully saturated rings. The van der Waals surface area contributed by atoms with Gasteiger partial charge in [0.05, 0.1) is 0 Å². The summed E-state index contributed by atoms with van der Waals surface area (Å²) in [6.07, 6.45) is 1.78. The maximum atomic E-state index is 11.0. The van der Waals surface area contributed by atoms with Gasteiger partial charge in [-0.3, -0.25) is 4.90 Å². The van der Waals surface area contributed by atoms with E-state index in [9.17, 15) is 8.42 Å². The summed E-state index contributed by atoms with van der Waals surface area (Å²) in [6, 6.07) is 16.6. The first-order valence-corrected chi connectivity index (χ1v) is 8.73. The van der Waals surface area contributed by atoms with Crippen LogP contribution in [-0.4, -0.2) is 19.8 Å². The van der Waals surface area contributed by atoms with E-state index in [4.69, 9.17) is 11.6 Å². The fourth-order valence-electron chi connectivity index (χ4n) is 1.81. The van der Waals surface area contributed by atoms with E-state index in [0.29, 0.717) is 10.2 Å². The van der Waals surface area contributed by atoms with Crippen LogP contribution in [0.5, 0.6) is 0 Å². The monoisotopic (exact) mass is 340 g/mol. The molecule has 2 aromatic carbocycles. The Balaban J connectivity index is 2.59. The molecule has 0 N–H and O–H groups in total. The molecular formula is C14H13ClN2O2S2. The van der Waals surface area contributed by atoms with Crippen LogP contribution < -0.4 is 4.90 Å². The Morgan fingerprint density at radius 2 is 1.76 bits per heavy atom. The number of nitrogens with zero attached hydrogens (tertiary/aromatic N) is 2. The zero-order chi connectivity index (χ0) is 15.2. The molecule has 110 valence electrons. The highest BCUT2D eigenvalue weighted by atomic mass is 35.5. The lowest BCUT2D eigenvalue weighted by molar-refractivity contribution is 0.616. The first-order valence-electron chi connectivity index (χ1n) is 5.99. The van der Waals surface area contributed by atoms with Crippen LogP contribution >= 0.6 is 23.4 Å². The van der Waals surface area contributed by atoms with Gasteiger partial charge in [0.25, 0.3) is 0 Å². The van der Waals surface area contributed by atoms with Crippen LogP contribution in [0.4, 0.5) is 11.4 Å². The Kier molecular flexibility index (Phi) is 5.67. The minimum atomic E-state index is -2.87. The largest absolute Gasteiger partial charge is 0.289 e. The van der Waals surface area contributed by atoms with Crippen LogP contribution in [0.2, 0.25) is 5.02 Å². The molecule has 0 aliphatic carbocycles. The van der Waals surface area contributed by atoms with E-state index < -0.39 is 10.9 Å². The third-order valence-electron chi connectivity index (χ3n) is 2.62. The van der Waals surface area contributed by atoms with Crippen LogP contribution in [0.1, 0.15) is 0 Å². The SMILES string of the molecule is CSC(=N[SH](=O)=O)N(c1ccccc1)c1cccc(Cl)c1. The second-order valence-corrected chi connectivity index (χ2v) is 5.86. The maximum Gasteiger partial charge on any atom is 0.245 e. The van der Waals surface area contributed by atoms with Crippen molar-refractivity contribution in [2.24, 2.45) is 4.40 Å². The first kappa shape index (κ1) is 15.9. The van der Waals surface area contributed by atoms with Crippen molar-refractivity contribution in [1.29, 1.82) is 0 Å². The lowest BCUT2D eigenvalue weighted by Crippen LogP contribution is -2.23. The zero-order valence-corrected chi connectivity index (χ0v) is 13.6. The van der Waals surface area contributed by atoms with Gasteiger partial charge < -0.3 is 0 Å². The predicted octanol–water partition coefficient (Wildman–Crippen LogP) is 3.72. The van der Waals surface area contributed by atoms with Crippen LogP contribution in [0, 0.1) is 0 Å². The number of thioether (sulfide) groups is 1. The van der Waals surface area contributed by atoms with Crippen molar-refractivity contribution in [1.82, 2.24) is 0 Å². The van der Waals surface area contributed by atoms with Gasteiger partial charge in [0.2, 0.25) is 10.9 Å². The van der Waals surface area contributed by atoms with Crippen LogP contribution in [0.3, 0.4) is 0 Å². The van der Waals surface area contributed by atoms with E-state index in [1.807, 2.05) is 42.5 Å². The summed E-state index contributed by atoms with van der Waals surface area (Å²) in [5, 5.41) is 0.931. The summed E-state index contributed by atoms with van der Waals surface area (Å²) in [5.74, 6) is 0. The number of halogens is 1. The Morgan fingerprint density at radius 3 is 2.33 bits per heavy atom. The van der Waals surface area contributed by atoms with Gasteiger partial charge in [-0.1, -0.05) is 47.6 Å². The highest BCUT2D eigenvalue weighted by Gasteiger charge is 2.16. The normalized spacial score (nSPS) is 11.7. The van der Waals surface area contributed by atoms with E-state index in [2.05, 4.69) is 4.40 Å². The molecule has 2 rings (SSSR count). The molecule has 0 saturated carbocycles. The van der Waals surface area contributed by atoms with Crippen molar-refractivity contribution >= 4 is 50.8 Å². The molecule has 7 heteroatoms. The minimum Gasteiger partial charge on any atom is -0.289 e. The van der Waals surface area contributed by atoms with Crippen molar-refractivity contribution in [3.63, 3.8) is 0 Å². The van der Waals surface area contributed by atoms with Crippen molar-refractivity contribution in [3.05, 3.63) is 59.6 Å². The number of anilines is 2. The summed E-state index contributed by atoms with van der Waals surface area (Å²) < 4.78 is 25.7. The molecule has 0 aromatic heterocycles. The number of thiol groups is 1. The van der Waals surface area contributed by atoms with E-state index in [1.54, 1.807) is 23.3 Å². The lowest BCUT2D eigenvalue weighted by Gasteiger charge is -2.24. The van der Waals surface area contributed by atoms with E-state index >= 15 is 0 Å². The molecular weight excluding hydrogens is 328 g/mol. The molecule has 0 unspecified atom stereocenters. The molecule has 2 aromatic rings. The standard InChI is InChI=1S/C14H13ClN2O2S2/c1-20-14(16-21(18)19)17(12-7-3-2-4-8-12)13-9-5-6-11(15)10-13/h2-10,21H,1H3. The minimum absolute atomic E-state index is 0.361. The first-order chi connectivity index (χ1) is 10.1. The van der Waals surface area contributed by atoms with Gasteiger partial charge in [-0.05, 0) is 36.6 Å². The Hall–Kier alpha value is -1.50. The molecule has 0 aliphatic heterocycles. The Morgan fingerprint density at radius 1 is 1.10 bits per heavy atom. The van der Waals surface area contributed by atoms with Gasteiger partial charge in [-0.15, -0.1) is 4.40 Å². The van der Waals surface area contributed by atoms with Crippen molar-refractivity contribution in [2.45, 2.75) is 0 Å². The van der Waals surface area contributed by atoms with Gasteiger partial charge >= 0.3 is 0 Å². The summed E-state index contributed by atoms with van der Waals surface area (Å²) in [7, 11) is -2.87. The predicted molar refractivity (Wildman–Crippen MR) is 91.3 cm³/mol. The van der Waals surface area contributed by atoms with Gasteiger partial charge in [0, 0.05) is 16.4 Å². The average molecular weight is 341 g/mol.